The van der Waals surface area contributed by atoms with Crippen LogP contribution >= 0.6 is 0 Å². The Morgan fingerprint density at radius 1 is 1.14 bits per heavy atom. The number of halogens is 1. The van der Waals surface area contributed by atoms with E-state index in [1.54, 1.807) is 34.9 Å². The van der Waals surface area contributed by atoms with Crippen LogP contribution in [0.1, 0.15) is 21.6 Å². The standard InChI is InChI=1S/C28H27FN2O4/c1-18-14-24-19(12-13-32)4-3-5-25(24)31(18)28(33)20-6-9-22(10-7-20)34-17-23-16-30(2)26-15-21(29)8-11-27(26)35-23/h3-11,14-15,23,32H,12-13,16-17H2,1-2H3/t23-/m0/s1. The normalized spacial score (nSPS) is 15.1. The molecule has 3 aromatic carbocycles. The zero-order valence-electron chi connectivity index (χ0n) is 19.7. The fourth-order valence-corrected chi connectivity index (χ4v) is 4.64. The number of aliphatic hydroxyl groups excluding tert-OH is 1. The van der Waals surface area contributed by atoms with Gasteiger partial charge in [-0.3, -0.25) is 9.36 Å². The van der Waals surface area contributed by atoms with E-state index in [2.05, 4.69) is 0 Å². The lowest BCUT2D eigenvalue weighted by Crippen LogP contribution is -2.41. The van der Waals surface area contributed by atoms with Crippen molar-refractivity contribution in [2.75, 3.05) is 31.7 Å². The topological polar surface area (TPSA) is 63.9 Å². The van der Waals surface area contributed by atoms with E-state index in [0.29, 0.717) is 36.6 Å². The van der Waals surface area contributed by atoms with Crippen LogP contribution in [0.4, 0.5) is 10.1 Å². The van der Waals surface area contributed by atoms with Crippen molar-refractivity contribution in [3.8, 4) is 11.5 Å². The van der Waals surface area contributed by atoms with Crippen LogP contribution < -0.4 is 14.4 Å². The molecule has 35 heavy (non-hydrogen) atoms. The lowest BCUT2D eigenvalue weighted by Gasteiger charge is -2.33. The Bertz CT molecular complexity index is 1380. The molecule has 0 saturated heterocycles. The first kappa shape index (κ1) is 22.9. The van der Waals surface area contributed by atoms with Crippen LogP contribution in [-0.4, -0.2) is 48.5 Å². The number of benzene rings is 3. The molecule has 180 valence electrons. The van der Waals surface area contributed by atoms with E-state index in [0.717, 1.165) is 27.8 Å². The van der Waals surface area contributed by atoms with Gasteiger partial charge in [0.25, 0.3) is 5.91 Å². The maximum absolute atomic E-state index is 13.5. The predicted octanol–water partition coefficient (Wildman–Crippen LogP) is 4.59. The van der Waals surface area contributed by atoms with Crippen molar-refractivity contribution >= 4 is 22.5 Å². The number of anilines is 1. The smallest absolute Gasteiger partial charge is 0.262 e. The number of hydrogen-bond acceptors (Lipinski definition) is 5. The van der Waals surface area contributed by atoms with E-state index in [9.17, 15) is 14.3 Å². The highest BCUT2D eigenvalue weighted by atomic mass is 19.1. The van der Waals surface area contributed by atoms with Gasteiger partial charge in [0.1, 0.15) is 30.0 Å². The number of aryl methyl sites for hydroxylation is 1. The molecule has 0 unspecified atom stereocenters. The molecule has 1 N–H and O–H groups in total. The van der Waals surface area contributed by atoms with Crippen LogP contribution in [0, 0.1) is 12.7 Å². The molecule has 0 saturated carbocycles. The summed E-state index contributed by atoms with van der Waals surface area (Å²) in [6.45, 7) is 2.87. The fraction of sp³-hybridized carbons (Fsp3) is 0.250. The Balaban J connectivity index is 1.28. The first-order valence-electron chi connectivity index (χ1n) is 11.6. The quantitative estimate of drug-likeness (QED) is 0.443. The Kier molecular flexibility index (Phi) is 6.17. The summed E-state index contributed by atoms with van der Waals surface area (Å²) in [5, 5.41) is 10.3. The zero-order valence-corrected chi connectivity index (χ0v) is 19.7. The summed E-state index contributed by atoms with van der Waals surface area (Å²) in [5.41, 5.74) is 3.97. The van der Waals surface area contributed by atoms with Crippen molar-refractivity contribution in [1.82, 2.24) is 4.57 Å². The minimum Gasteiger partial charge on any atom is -0.490 e. The maximum Gasteiger partial charge on any atom is 0.262 e. The number of aliphatic hydroxyl groups is 1. The monoisotopic (exact) mass is 474 g/mol. The number of carbonyl (C=O) groups is 1. The molecule has 0 bridgehead atoms. The molecule has 0 amide bonds. The number of hydrogen-bond donors (Lipinski definition) is 1. The van der Waals surface area contributed by atoms with Gasteiger partial charge in [-0.25, -0.2) is 4.39 Å². The van der Waals surface area contributed by atoms with Crippen molar-refractivity contribution in [3.05, 3.63) is 89.4 Å². The average molecular weight is 475 g/mol. The second-order valence-corrected chi connectivity index (χ2v) is 8.82. The molecule has 0 spiro atoms. The molecular weight excluding hydrogens is 447 g/mol. The summed E-state index contributed by atoms with van der Waals surface area (Å²) in [5.74, 6) is 0.853. The van der Waals surface area contributed by atoms with Gasteiger partial charge >= 0.3 is 0 Å². The molecular formula is C28H27FN2O4. The van der Waals surface area contributed by atoms with Crippen LogP contribution in [0.15, 0.2) is 66.7 Å². The SMILES string of the molecule is Cc1cc2c(CCO)cccc2n1C(=O)c1ccc(OC[C@@H]2CN(C)c3cc(F)ccc3O2)cc1. The average Bonchev–Trinajstić information content (AvgIpc) is 3.20. The van der Waals surface area contributed by atoms with Gasteiger partial charge in [-0.2, -0.15) is 0 Å². The number of likely N-dealkylation sites (N-methyl/N-ethyl adjacent to an activating group) is 1. The molecule has 4 aromatic rings. The van der Waals surface area contributed by atoms with Gasteiger partial charge in [0, 0.05) is 36.4 Å². The van der Waals surface area contributed by atoms with Gasteiger partial charge in [0.2, 0.25) is 0 Å². The van der Waals surface area contributed by atoms with Crippen LogP contribution in [-0.2, 0) is 6.42 Å². The molecule has 2 heterocycles. The molecule has 1 atom stereocenters. The number of aromatic nitrogens is 1. The minimum absolute atomic E-state index is 0.0615. The van der Waals surface area contributed by atoms with Crippen LogP contribution in [0.3, 0.4) is 0 Å². The molecule has 0 aliphatic carbocycles. The predicted molar refractivity (Wildman–Crippen MR) is 133 cm³/mol. The van der Waals surface area contributed by atoms with Crippen molar-refractivity contribution in [1.29, 1.82) is 0 Å². The van der Waals surface area contributed by atoms with E-state index < -0.39 is 0 Å². The van der Waals surface area contributed by atoms with Gasteiger partial charge < -0.3 is 19.5 Å². The fourth-order valence-electron chi connectivity index (χ4n) is 4.64. The molecule has 1 aromatic heterocycles. The summed E-state index contributed by atoms with van der Waals surface area (Å²) in [7, 11) is 1.90. The lowest BCUT2D eigenvalue weighted by atomic mass is 10.1. The summed E-state index contributed by atoms with van der Waals surface area (Å²) < 4.78 is 27.1. The Morgan fingerprint density at radius 2 is 1.94 bits per heavy atom. The zero-order chi connectivity index (χ0) is 24.5. The van der Waals surface area contributed by atoms with Gasteiger partial charge in [-0.05, 0) is 67.4 Å². The van der Waals surface area contributed by atoms with Crippen molar-refractivity contribution in [2.45, 2.75) is 19.4 Å². The first-order valence-corrected chi connectivity index (χ1v) is 11.6. The van der Waals surface area contributed by atoms with E-state index in [-0.39, 0.29) is 24.4 Å². The third-order valence-electron chi connectivity index (χ3n) is 6.34. The molecule has 0 radical (unpaired) electrons. The van der Waals surface area contributed by atoms with Crippen molar-refractivity contribution in [3.63, 3.8) is 0 Å². The molecule has 7 heteroatoms. The van der Waals surface area contributed by atoms with Gasteiger partial charge in [-0.15, -0.1) is 0 Å². The third kappa shape index (κ3) is 4.47. The van der Waals surface area contributed by atoms with Gasteiger partial charge in [-0.1, -0.05) is 12.1 Å². The Labute approximate surface area is 203 Å². The Hall–Kier alpha value is -3.84. The van der Waals surface area contributed by atoms with Crippen LogP contribution in [0.25, 0.3) is 10.9 Å². The minimum atomic E-state index is -0.294. The van der Waals surface area contributed by atoms with E-state index in [4.69, 9.17) is 9.47 Å². The molecule has 1 aliphatic rings. The maximum atomic E-state index is 13.5. The van der Waals surface area contributed by atoms with Crippen molar-refractivity contribution < 1.29 is 23.8 Å². The van der Waals surface area contributed by atoms with Gasteiger partial charge in [0.15, 0.2) is 0 Å². The number of ether oxygens (including phenoxy) is 2. The summed E-state index contributed by atoms with van der Waals surface area (Å²) >= 11 is 0. The van der Waals surface area contributed by atoms with Crippen LogP contribution in [0.2, 0.25) is 0 Å². The van der Waals surface area contributed by atoms with E-state index in [1.165, 1.54) is 12.1 Å². The highest BCUT2D eigenvalue weighted by molar-refractivity contribution is 6.03. The number of nitrogens with zero attached hydrogens (tertiary/aromatic N) is 2. The van der Waals surface area contributed by atoms with Crippen LogP contribution in [0.5, 0.6) is 11.5 Å². The third-order valence-corrected chi connectivity index (χ3v) is 6.34. The van der Waals surface area contributed by atoms with Crippen molar-refractivity contribution in [2.24, 2.45) is 0 Å². The highest BCUT2D eigenvalue weighted by Gasteiger charge is 2.24. The highest BCUT2D eigenvalue weighted by Crippen LogP contribution is 2.33. The molecule has 1 aliphatic heterocycles. The number of carbonyl (C=O) groups excluding carboxylic acids is 1. The molecule has 0 fully saturated rings. The molecule has 6 nitrogen and oxygen atoms in total. The lowest BCUT2D eigenvalue weighted by molar-refractivity contribution is 0.0963. The van der Waals surface area contributed by atoms with E-state index in [1.807, 2.05) is 43.1 Å². The first-order chi connectivity index (χ1) is 16.9. The van der Waals surface area contributed by atoms with E-state index >= 15 is 0 Å². The second-order valence-electron chi connectivity index (χ2n) is 8.82. The number of fused-ring (bicyclic) bond motifs is 2. The Morgan fingerprint density at radius 3 is 2.71 bits per heavy atom. The second kappa shape index (κ2) is 9.43. The molecule has 5 rings (SSSR count). The summed E-state index contributed by atoms with van der Waals surface area (Å²) in [4.78, 5) is 15.3. The largest absolute Gasteiger partial charge is 0.490 e. The summed E-state index contributed by atoms with van der Waals surface area (Å²) in [6.07, 6.45) is 0.338. The van der Waals surface area contributed by atoms with Gasteiger partial charge in [0.05, 0.1) is 17.7 Å². The number of rotatable bonds is 6. The summed E-state index contributed by atoms with van der Waals surface area (Å²) in [6, 6.07) is 19.3.